The van der Waals surface area contributed by atoms with Gasteiger partial charge in [0.2, 0.25) is 0 Å². The van der Waals surface area contributed by atoms with E-state index in [0.29, 0.717) is 17.6 Å². The van der Waals surface area contributed by atoms with Crippen molar-refractivity contribution in [2.75, 3.05) is 26.4 Å². The Labute approximate surface area is 482 Å². The summed E-state index contributed by atoms with van der Waals surface area (Å²) >= 11 is 0. The van der Waals surface area contributed by atoms with Crippen molar-refractivity contribution in [3.8, 4) is 0 Å². The van der Waals surface area contributed by atoms with Gasteiger partial charge in [0.1, 0.15) is 62.0 Å². The Morgan fingerprint density at radius 3 is 1.20 bits per heavy atom. The van der Waals surface area contributed by atoms with E-state index >= 15 is 0 Å². The lowest BCUT2D eigenvalue weighted by Crippen LogP contribution is -2.47. The highest BCUT2D eigenvalue weighted by Crippen LogP contribution is 2.42. The molecular weight excluding hydrogens is 1060 g/mol. The van der Waals surface area contributed by atoms with Crippen LogP contribution in [0.4, 0.5) is 0 Å². The molecule has 20 nitrogen and oxygen atoms in total. The maximum Gasteiger partial charge on any atom is 0.307 e. The molecule has 0 saturated heterocycles. The fourth-order valence-corrected chi connectivity index (χ4v) is 8.36. The number of Topliss-reactive ketones (excluding diaryl/α,β-unsaturated/α-hetero) is 2. The van der Waals surface area contributed by atoms with Crippen LogP contribution in [0.3, 0.4) is 0 Å². The van der Waals surface area contributed by atoms with Gasteiger partial charge < -0.3 is 70.0 Å². The van der Waals surface area contributed by atoms with E-state index in [2.05, 4.69) is 32.9 Å². The fourth-order valence-electron chi connectivity index (χ4n) is 8.36. The van der Waals surface area contributed by atoms with Gasteiger partial charge in [-0.25, -0.2) is 0 Å². The van der Waals surface area contributed by atoms with Gasteiger partial charge in [0, 0.05) is 12.8 Å². The normalized spacial score (nSPS) is 21.0. The van der Waals surface area contributed by atoms with Gasteiger partial charge in [-0.2, -0.15) is 0 Å². The molecule has 10 N–H and O–H groups in total. The highest BCUT2D eigenvalue weighted by atomic mass is 16.6. The summed E-state index contributed by atoms with van der Waals surface area (Å²) in [5.41, 5.74) is 6.35. The SMILES string of the molecule is C/C=C/C1=C(C)C(=O)C(OC(=O)CCC(=O)OCC(O)C(O)C(O)C(O)CO)CC1(C)C.CC(C)=C/C=C/C(C)=C/C=C/C=C(C)/C=C/C=C(C)/C=C/C1=C(C)C(=O)C(OC(=O)CCC(=O)OCC(O)C(O)C(O)C(O)CO)CC1(C)C. The van der Waals surface area contributed by atoms with E-state index < -0.39 is 123 Å². The lowest BCUT2D eigenvalue weighted by molar-refractivity contribution is -0.161. The molecule has 82 heavy (non-hydrogen) atoms. The molecule has 458 valence electrons. The third-order valence-electron chi connectivity index (χ3n) is 13.3. The van der Waals surface area contributed by atoms with Crippen molar-refractivity contribution in [1.29, 1.82) is 0 Å². The number of carbonyl (C=O) groups excluding carboxylic acids is 6. The van der Waals surface area contributed by atoms with Gasteiger partial charge in [-0.1, -0.05) is 135 Å². The zero-order valence-corrected chi connectivity index (χ0v) is 49.5. The van der Waals surface area contributed by atoms with Crippen LogP contribution < -0.4 is 0 Å². The summed E-state index contributed by atoms with van der Waals surface area (Å²) < 4.78 is 20.3. The average Bonchev–Trinajstić information content (AvgIpc) is 3.50. The van der Waals surface area contributed by atoms with E-state index in [1.54, 1.807) is 13.8 Å². The first-order chi connectivity index (χ1) is 38.2. The Balaban J connectivity index is 0.000000903. The van der Waals surface area contributed by atoms with E-state index in [0.717, 1.165) is 27.9 Å². The number of carbonyl (C=O) groups is 6. The Morgan fingerprint density at radius 2 is 0.829 bits per heavy atom. The summed E-state index contributed by atoms with van der Waals surface area (Å²) in [4.78, 5) is 74.2. The summed E-state index contributed by atoms with van der Waals surface area (Å²) in [6, 6.07) is 0. The second kappa shape index (κ2) is 36.5. The second-order valence-corrected chi connectivity index (χ2v) is 21.8. The number of esters is 4. The molecule has 0 radical (unpaired) electrons. The maximum absolute atomic E-state index is 13.2. The summed E-state index contributed by atoms with van der Waals surface area (Å²) in [6.45, 7) is 20.1. The number of hydrogen-bond donors (Lipinski definition) is 10. The molecule has 20 heteroatoms. The van der Waals surface area contributed by atoms with Crippen molar-refractivity contribution in [3.05, 3.63) is 130 Å². The van der Waals surface area contributed by atoms with Gasteiger partial charge in [-0.3, -0.25) is 28.8 Å². The molecule has 0 bridgehead atoms. The minimum Gasteiger partial charge on any atom is -0.463 e. The van der Waals surface area contributed by atoms with Crippen LogP contribution in [0, 0.1) is 10.8 Å². The van der Waals surface area contributed by atoms with Crippen molar-refractivity contribution in [2.45, 2.75) is 183 Å². The third-order valence-corrected chi connectivity index (χ3v) is 13.3. The molecule has 0 amide bonds. The number of aliphatic hydroxyl groups excluding tert-OH is 10. The van der Waals surface area contributed by atoms with Crippen LogP contribution in [0.2, 0.25) is 0 Å². The van der Waals surface area contributed by atoms with E-state index in [1.807, 2.05) is 121 Å². The molecule has 0 fully saturated rings. The van der Waals surface area contributed by atoms with Crippen LogP contribution in [0.15, 0.2) is 130 Å². The zero-order chi connectivity index (χ0) is 62.7. The smallest absolute Gasteiger partial charge is 0.307 e. The molecule has 10 atom stereocenters. The fraction of sp³-hybridized carbons (Fsp3) is 0.548. The number of allylic oxidation sites excluding steroid dienone is 20. The predicted octanol–water partition coefficient (Wildman–Crippen LogP) is 4.55. The molecule has 0 aliphatic heterocycles. The molecule has 2 aliphatic carbocycles. The van der Waals surface area contributed by atoms with Gasteiger partial charge >= 0.3 is 23.9 Å². The lowest BCUT2D eigenvalue weighted by atomic mass is 9.71. The number of hydrogen-bond acceptors (Lipinski definition) is 20. The standard InChI is InChI=1S/C40H56O10.C22H34O10/c1-26(2)13-11-16-27(3)14-9-10-15-28(4)17-12-18-29(5)19-20-31-30(6)37(46)34(23-40(31,7)8)50-36(45)22-21-35(44)49-25-33(43)39(48)38(47)32(42)24-41;1-5-6-13-12(2)19(28)16(9-22(13,3)4)32-18(27)8-7-17(26)31-11-15(25)21(30)20(29)14(24)10-23/h9-20,32-34,38-39,41-43,47-48H,21-25H2,1-8H3;5-6,14-16,20-21,23-25,29-30H,7-11H2,1-4H3/b10-9+,16-11+,17-12+,20-19+,27-14+,28-15+,29-18+;6-5+. The minimum absolute atomic E-state index is 0.256. The van der Waals surface area contributed by atoms with E-state index in [-0.39, 0.29) is 42.7 Å². The van der Waals surface area contributed by atoms with Crippen LogP contribution in [0.25, 0.3) is 0 Å². The molecule has 0 aromatic heterocycles. The summed E-state index contributed by atoms with van der Waals surface area (Å²) in [6.07, 6.45) is 10.6. The third kappa shape index (κ3) is 26.0. The van der Waals surface area contributed by atoms with Crippen LogP contribution in [0.5, 0.6) is 0 Å². The van der Waals surface area contributed by atoms with Crippen LogP contribution in [-0.4, -0.2) is 174 Å². The monoisotopic (exact) mass is 1150 g/mol. The van der Waals surface area contributed by atoms with E-state index in [9.17, 15) is 69.6 Å². The molecule has 0 heterocycles. The molecule has 2 aliphatic rings. The number of aliphatic hydroxyl groups is 10. The first-order valence-electron chi connectivity index (χ1n) is 27.1. The Morgan fingerprint density at radius 1 is 0.500 bits per heavy atom. The molecule has 10 unspecified atom stereocenters. The van der Waals surface area contributed by atoms with Crippen molar-refractivity contribution in [2.24, 2.45) is 10.8 Å². The van der Waals surface area contributed by atoms with Crippen LogP contribution in [0.1, 0.15) is 122 Å². The van der Waals surface area contributed by atoms with Crippen molar-refractivity contribution < 1.29 is 98.8 Å². The summed E-state index contributed by atoms with van der Waals surface area (Å²) in [5, 5.41) is 94.4. The van der Waals surface area contributed by atoms with Gasteiger partial charge in [0.25, 0.3) is 0 Å². The van der Waals surface area contributed by atoms with Crippen molar-refractivity contribution >= 4 is 35.4 Å². The molecular formula is C62H90O20. The topological polar surface area (TPSA) is 342 Å². The first-order valence-corrected chi connectivity index (χ1v) is 27.1. The largest absolute Gasteiger partial charge is 0.463 e. The summed E-state index contributed by atoms with van der Waals surface area (Å²) in [7, 11) is 0. The van der Waals surface area contributed by atoms with E-state index in [1.165, 1.54) is 5.57 Å². The number of ketones is 2. The van der Waals surface area contributed by atoms with Gasteiger partial charge in [-0.05, 0) is 88.5 Å². The zero-order valence-electron chi connectivity index (χ0n) is 49.5. The molecule has 0 saturated carbocycles. The molecule has 0 aromatic rings. The molecule has 0 aromatic carbocycles. The highest BCUT2D eigenvalue weighted by molar-refractivity contribution is 6.02. The highest BCUT2D eigenvalue weighted by Gasteiger charge is 2.41. The molecule has 2 rings (SSSR count). The van der Waals surface area contributed by atoms with Gasteiger partial charge in [0.15, 0.2) is 23.8 Å². The summed E-state index contributed by atoms with van der Waals surface area (Å²) in [5.74, 6) is -3.87. The van der Waals surface area contributed by atoms with Crippen molar-refractivity contribution in [3.63, 3.8) is 0 Å². The minimum atomic E-state index is -1.88. The Bertz CT molecular complexity index is 2510. The second-order valence-electron chi connectivity index (χ2n) is 21.8. The first kappa shape index (κ1) is 74.0. The van der Waals surface area contributed by atoms with Gasteiger partial charge in [0.05, 0.1) is 38.9 Å². The van der Waals surface area contributed by atoms with Crippen molar-refractivity contribution in [1.82, 2.24) is 0 Å². The van der Waals surface area contributed by atoms with Crippen LogP contribution >= 0.6 is 0 Å². The lowest BCUT2D eigenvalue weighted by Gasteiger charge is -2.36. The maximum atomic E-state index is 13.2. The Hall–Kier alpha value is -6.04. The average molecular weight is 1160 g/mol. The predicted molar refractivity (Wildman–Crippen MR) is 307 cm³/mol. The number of ether oxygens (including phenoxy) is 4. The van der Waals surface area contributed by atoms with Crippen LogP contribution in [-0.2, 0) is 47.7 Å². The Kier molecular flexibility index (Phi) is 32.9. The van der Waals surface area contributed by atoms with Gasteiger partial charge in [-0.15, -0.1) is 0 Å². The molecule has 0 spiro atoms. The quantitative estimate of drug-likeness (QED) is 0.0279. The van der Waals surface area contributed by atoms with E-state index in [4.69, 9.17) is 29.2 Å². The number of rotatable bonds is 29.